The van der Waals surface area contributed by atoms with Gasteiger partial charge in [0, 0.05) is 5.46 Å². The van der Waals surface area contributed by atoms with E-state index in [4.69, 9.17) is 4.65 Å². The quantitative estimate of drug-likeness (QED) is 0.435. The van der Waals surface area contributed by atoms with Crippen molar-refractivity contribution in [3.05, 3.63) is 103 Å². The largest absolute Gasteiger partial charge is 0.536 e. The first-order valence-electron chi connectivity index (χ1n) is 9.97. The second kappa shape index (κ2) is 7.18. The lowest BCUT2D eigenvalue weighted by Crippen LogP contribution is -2.49. The van der Waals surface area contributed by atoms with Crippen molar-refractivity contribution in [3.63, 3.8) is 0 Å². The number of nitrogens with zero attached hydrogens (tertiary/aromatic N) is 1. The van der Waals surface area contributed by atoms with Gasteiger partial charge in [-0.2, -0.15) is 0 Å². The molecule has 0 N–H and O–H groups in total. The fourth-order valence-corrected chi connectivity index (χ4v) is 4.21. The molecule has 0 bridgehead atoms. The van der Waals surface area contributed by atoms with Gasteiger partial charge in [-0.25, -0.2) is 0 Å². The van der Waals surface area contributed by atoms with E-state index in [-0.39, 0.29) is 7.05 Å². The molecule has 4 aromatic rings. The van der Waals surface area contributed by atoms with Crippen LogP contribution in [0.25, 0.3) is 22.3 Å². The first-order chi connectivity index (χ1) is 14.2. The van der Waals surface area contributed by atoms with Gasteiger partial charge in [-0.1, -0.05) is 91.0 Å². The highest BCUT2D eigenvalue weighted by Crippen LogP contribution is 2.39. The van der Waals surface area contributed by atoms with Crippen molar-refractivity contribution >= 4 is 18.2 Å². The van der Waals surface area contributed by atoms with Crippen LogP contribution in [-0.2, 0) is 0 Å². The summed E-state index contributed by atoms with van der Waals surface area (Å²) >= 11 is 0. The molecule has 0 spiro atoms. The minimum atomic E-state index is -0.183. The molecule has 0 aromatic heterocycles. The lowest BCUT2D eigenvalue weighted by Gasteiger charge is -2.22. The van der Waals surface area contributed by atoms with Gasteiger partial charge in [-0.05, 0) is 47.9 Å². The van der Waals surface area contributed by atoms with Crippen molar-refractivity contribution in [2.75, 3.05) is 11.9 Å². The van der Waals surface area contributed by atoms with E-state index in [1.165, 1.54) is 27.7 Å². The van der Waals surface area contributed by atoms with Crippen LogP contribution in [0.1, 0.15) is 5.56 Å². The molecule has 0 saturated heterocycles. The minimum absolute atomic E-state index is 0.183. The van der Waals surface area contributed by atoms with Crippen LogP contribution in [0, 0.1) is 6.92 Å². The minimum Gasteiger partial charge on any atom is -0.536 e. The number of hydrogen-bond donors (Lipinski definition) is 0. The highest BCUT2D eigenvalue weighted by atomic mass is 16.5. The molecule has 4 aromatic carbocycles. The molecule has 0 radical (unpaired) electrons. The van der Waals surface area contributed by atoms with Crippen molar-refractivity contribution in [3.8, 4) is 28.0 Å². The molecule has 0 fully saturated rings. The topological polar surface area (TPSA) is 12.5 Å². The Morgan fingerprint density at radius 1 is 0.655 bits per heavy atom. The summed E-state index contributed by atoms with van der Waals surface area (Å²) in [5, 5.41) is 0. The molecule has 0 atom stereocenters. The zero-order valence-corrected chi connectivity index (χ0v) is 16.7. The standard InChI is InChI=1S/C26H22BNO/c1-19-11-9-18-24-26(19)29-27(28(24)2)25-22(20-12-5-3-6-13-20)16-10-17-23(25)21-14-7-4-8-15-21/h3-18H,1-2H3. The van der Waals surface area contributed by atoms with Crippen LogP contribution >= 0.6 is 0 Å². The molecule has 0 amide bonds. The number of hydrogen-bond acceptors (Lipinski definition) is 2. The van der Waals surface area contributed by atoms with Crippen LogP contribution in [0.4, 0.5) is 5.69 Å². The Morgan fingerprint density at radius 2 is 1.21 bits per heavy atom. The molecule has 1 heterocycles. The van der Waals surface area contributed by atoms with Gasteiger partial charge in [-0.15, -0.1) is 0 Å². The average Bonchev–Trinajstić information content (AvgIpc) is 3.12. The SMILES string of the molecule is Cc1cccc2c1OB(c1c(-c3ccccc3)cccc1-c1ccccc1)N2C. The molecule has 140 valence electrons. The van der Waals surface area contributed by atoms with Gasteiger partial charge >= 0.3 is 7.05 Å². The van der Waals surface area contributed by atoms with Crippen LogP contribution in [0.5, 0.6) is 5.75 Å². The van der Waals surface area contributed by atoms with Crippen molar-refractivity contribution in [2.24, 2.45) is 0 Å². The van der Waals surface area contributed by atoms with Crippen molar-refractivity contribution in [1.82, 2.24) is 0 Å². The number of anilines is 1. The summed E-state index contributed by atoms with van der Waals surface area (Å²) < 4.78 is 6.59. The highest BCUT2D eigenvalue weighted by molar-refractivity contribution is 6.75. The van der Waals surface area contributed by atoms with Crippen LogP contribution in [0.3, 0.4) is 0 Å². The Kier molecular flexibility index (Phi) is 4.36. The zero-order valence-electron chi connectivity index (χ0n) is 16.7. The molecular formula is C26H22BNO. The Morgan fingerprint density at radius 3 is 1.76 bits per heavy atom. The van der Waals surface area contributed by atoms with E-state index in [1.807, 2.05) is 0 Å². The van der Waals surface area contributed by atoms with Crippen molar-refractivity contribution in [1.29, 1.82) is 0 Å². The smallest absolute Gasteiger partial charge is 0.520 e. The normalized spacial score (nSPS) is 12.6. The molecular weight excluding hydrogens is 353 g/mol. The third-order valence-corrected chi connectivity index (χ3v) is 5.68. The van der Waals surface area contributed by atoms with E-state index < -0.39 is 0 Å². The van der Waals surface area contributed by atoms with Crippen LogP contribution in [-0.4, -0.2) is 14.1 Å². The summed E-state index contributed by atoms with van der Waals surface area (Å²) in [6, 6.07) is 34.0. The van der Waals surface area contributed by atoms with Gasteiger partial charge in [0.05, 0.1) is 5.69 Å². The average molecular weight is 375 g/mol. The van der Waals surface area contributed by atoms with Gasteiger partial charge in [-0.3, -0.25) is 0 Å². The van der Waals surface area contributed by atoms with E-state index in [2.05, 4.69) is 116 Å². The predicted octanol–water partition coefficient (Wildman–Crippen LogP) is 5.55. The van der Waals surface area contributed by atoms with Gasteiger partial charge in [0.1, 0.15) is 5.75 Å². The Hall–Kier alpha value is -3.46. The maximum atomic E-state index is 6.59. The van der Waals surface area contributed by atoms with Crippen LogP contribution in [0.15, 0.2) is 97.1 Å². The predicted molar refractivity (Wildman–Crippen MR) is 123 cm³/mol. The third-order valence-electron chi connectivity index (χ3n) is 5.68. The van der Waals surface area contributed by atoms with Crippen molar-refractivity contribution in [2.45, 2.75) is 6.92 Å². The molecule has 29 heavy (non-hydrogen) atoms. The van der Waals surface area contributed by atoms with E-state index >= 15 is 0 Å². The number of fused-ring (bicyclic) bond motifs is 1. The van der Waals surface area contributed by atoms with E-state index in [9.17, 15) is 0 Å². The summed E-state index contributed by atoms with van der Waals surface area (Å²) in [6.45, 7) is 2.11. The second-order valence-corrected chi connectivity index (χ2v) is 7.50. The first kappa shape index (κ1) is 17.6. The summed E-state index contributed by atoms with van der Waals surface area (Å²) in [7, 11) is 1.93. The maximum Gasteiger partial charge on any atom is 0.520 e. The maximum absolute atomic E-state index is 6.59. The van der Waals surface area contributed by atoms with Gasteiger partial charge in [0.2, 0.25) is 0 Å². The van der Waals surface area contributed by atoms with Gasteiger partial charge in [0.15, 0.2) is 0 Å². The van der Waals surface area contributed by atoms with Crippen LogP contribution in [0.2, 0.25) is 0 Å². The molecule has 2 nitrogen and oxygen atoms in total. The van der Waals surface area contributed by atoms with Crippen molar-refractivity contribution < 1.29 is 4.65 Å². The number of para-hydroxylation sites is 1. The molecule has 3 heteroatoms. The van der Waals surface area contributed by atoms with E-state index in [0.717, 1.165) is 17.0 Å². The summed E-state index contributed by atoms with van der Waals surface area (Å²) in [4.78, 5) is 2.25. The fraction of sp³-hybridized carbons (Fsp3) is 0.0769. The summed E-state index contributed by atoms with van der Waals surface area (Å²) in [5.41, 5.74) is 8.30. The first-order valence-corrected chi connectivity index (χ1v) is 9.97. The van der Waals surface area contributed by atoms with Gasteiger partial charge in [0.25, 0.3) is 0 Å². The zero-order chi connectivity index (χ0) is 19.8. The molecule has 1 aliphatic heterocycles. The Bertz CT molecular complexity index is 1100. The summed E-state index contributed by atoms with van der Waals surface area (Å²) in [6.07, 6.45) is 0. The second-order valence-electron chi connectivity index (χ2n) is 7.50. The van der Waals surface area contributed by atoms with Gasteiger partial charge < -0.3 is 9.47 Å². The number of rotatable bonds is 3. The lowest BCUT2D eigenvalue weighted by molar-refractivity contribution is 0.598. The molecule has 1 aliphatic rings. The molecule has 0 aliphatic carbocycles. The summed E-state index contributed by atoms with van der Waals surface area (Å²) in [5.74, 6) is 0.974. The van der Waals surface area contributed by atoms with E-state index in [1.54, 1.807) is 0 Å². The number of aryl methyl sites for hydroxylation is 1. The lowest BCUT2D eigenvalue weighted by atomic mass is 9.65. The molecule has 5 rings (SSSR count). The Labute approximate surface area is 172 Å². The molecule has 0 saturated carbocycles. The van der Waals surface area contributed by atoms with E-state index in [0.29, 0.717) is 0 Å². The fourth-order valence-electron chi connectivity index (χ4n) is 4.21. The number of benzene rings is 4. The van der Waals surface area contributed by atoms with Crippen LogP contribution < -0.4 is 14.9 Å². The Balaban J connectivity index is 1.74. The highest BCUT2D eigenvalue weighted by Gasteiger charge is 2.40. The molecule has 0 unspecified atom stereocenters. The monoisotopic (exact) mass is 375 g/mol. The third kappa shape index (κ3) is 2.99.